The third-order valence-corrected chi connectivity index (χ3v) is 4.09. The van der Waals surface area contributed by atoms with E-state index >= 15 is 0 Å². The average molecular weight is 345 g/mol. The van der Waals surface area contributed by atoms with Gasteiger partial charge in [-0.25, -0.2) is 0 Å². The van der Waals surface area contributed by atoms with Gasteiger partial charge in [-0.2, -0.15) is 0 Å². The fourth-order valence-corrected chi connectivity index (χ4v) is 3.12. The minimum atomic E-state index is -0.831. The molecule has 112 valence electrons. The van der Waals surface area contributed by atoms with Gasteiger partial charge in [-0.15, -0.1) is 0 Å². The van der Waals surface area contributed by atoms with Gasteiger partial charge in [-0.05, 0) is 34.0 Å². The van der Waals surface area contributed by atoms with Gasteiger partial charge in [0.15, 0.2) is 0 Å². The summed E-state index contributed by atoms with van der Waals surface area (Å²) in [4.78, 5) is 11.1. The highest BCUT2D eigenvalue weighted by molar-refractivity contribution is 9.10. The normalized spacial score (nSPS) is 11.3. The van der Waals surface area contributed by atoms with Gasteiger partial charge >= 0.3 is 5.97 Å². The van der Waals surface area contributed by atoms with E-state index in [1.54, 1.807) is 14.2 Å². The Labute approximate surface area is 128 Å². The van der Waals surface area contributed by atoms with Gasteiger partial charge < -0.3 is 14.6 Å². The molecule has 0 heterocycles. The zero-order valence-corrected chi connectivity index (χ0v) is 14.1. The molecule has 0 saturated carbocycles. The molecule has 1 rings (SSSR count). The molecule has 0 bridgehead atoms. The molecule has 0 atom stereocenters. The number of carboxylic acids is 1. The maximum absolute atomic E-state index is 11.1. The molecule has 5 heteroatoms. The Morgan fingerprint density at radius 2 is 1.85 bits per heavy atom. The SMILES string of the molecule is CCc1cc(C(C)(C)CC(=O)O)c(OC)c(Br)c1OC. The molecule has 0 radical (unpaired) electrons. The zero-order valence-electron chi connectivity index (χ0n) is 12.5. The molecule has 0 spiro atoms. The van der Waals surface area contributed by atoms with Crippen molar-refractivity contribution in [2.75, 3.05) is 14.2 Å². The van der Waals surface area contributed by atoms with Gasteiger partial charge in [-0.1, -0.05) is 20.8 Å². The summed E-state index contributed by atoms with van der Waals surface area (Å²) in [6.45, 7) is 5.83. The van der Waals surface area contributed by atoms with Crippen LogP contribution in [0.5, 0.6) is 11.5 Å². The van der Waals surface area contributed by atoms with E-state index in [9.17, 15) is 4.79 Å². The molecule has 0 fully saturated rings. The van der Waals surface area contributed by atoms with Crippen molar-refractivity contribution in [1.29, 1.82) is 0 Å². The molecular weight excluding hydrogens is 324 g/mol. The first-order valence-corrected chi connectivity index (χ1v) is 7.23. The van der Waals surface area contributed by atoms with Gasteiger partial charge in [0.2, 0.25) is 0 Å². The lowest BCUT2D eigenvalue weighted by atomic mass is 9.80. The Bertz CT molecular complexity index is 509. The van der Waals surface area contributed by atoms with Crippen LogP contribution in [0, 0.1) is 0 Å². The fraction of sp³-hybridized carbons (Fsp3) is 0.533. The third-order valence-electron chi connectivity index (χ3n) is 3.36. The number of hydrogen-bond acceptors (Lipinski definition) is 3. The minimum Gasteiger partial charge on any atom is -0.495 e. The number of aryl methyl sites for hydroxylation is 1. The maximum atomic E-state index is 11.1. The van der Waals surface area contributed by atoms with Crippen molar-refractivity contribution in [3.8, 4) is 11.5 Å². The van der Waals surface area contributed by atoms with Crippen LogP contribution in [0.15, 0.2) is 10.5 Å². The largest absolute Gasteiger partial charge is 0.495 e. The molecule has 0 aliphatic rings. The summed E-state index contributed by atoms with van der Waals surface area (Å²) in [7, 11) is 3.19. The van der Waals surface area contributed by atoms with Crippen LogP contribution in [0.4, 0.5) is 0 Å². The summed E-state index contributed by atoms with van der Waals surface area (Å²) < 4.78 is 11.6. The number of rotatable bonds is 6. The number of hydrogen-bond donors (Lipinski definition) is 1. The van der Waals surface area contributed by atoms with Crippen LogP contribution in [0.2, 0.25) is 0 Å². The van der Waals surface area contributed by atoms with Crippen molar-refractivity contribution in [3.05, 3.63) is 21.7 Å². The van der Waals surface area contributed by atoms with Crippen LogP contribution in [-0.2, 0) is 16.6 Å². The first kappa shape index (κ1) is 16.8. The summed E-state index contributed by atoms with van der Waals surface area (Å²) in [5.41, 5.74) is 1.36. The van der Waals surface area contributed by atoms with E-state index < -0.39 is 11.4 Å². The van der Waals surface area contributed by atoms with Gasteiger partial charge in [-0.3, -0.25) is 4.79 Å². The van der Waals surface area contributed by atoms with E-state index in [1.165, 1.54) is 0 Å². The molecule has 4 nitrogen and oxygen atoms in total. The predicted octanol–water partition coefficient (Wildman–Crippen LogP) is 3.78. The number of aliphatic carboxylic acids is 1. The lowest BCUT2D eigenvalue weighted by Gasteiger charge is -2.28. The molecule has 0 aliphatic carbocycles. The van der Waals surface area contributed by atoms with E-state index in [1.807, 2.05) is 26.8 Å². The van der Waals surface area contributed by atoms with E-state index in [0.29, 0.717) is 5.75 Å². The number of methoxy groups -OCH3 is 2. The van der Waals surface area contributed by atoms with E-state index in [4.69, 9.17) is 14.6 Å². The summed E-state index contributed by atoms with van der Waals surface area (Å²) in [6.07, 6.45) is 0.827. The summed E-state index contributed by atoms with van der Waals surface area (Å²) >= 11 is 3.51. The van der Waals surface area contributed by atoms with Crippen LogP contribution in [0.3, 0.4) is 0 Å². The molecule has 0 aliphatic heterocycles. The monoisotopic (exact) mass is 344 g/mol. The highest BCUT2D eigenvalue weighted by Gasteiger charge is 2.30. The second-order valence-electron chi connectivity index (χ2n) is 5.27. The highest BCUT2D eigenvalue weighted by Crippen LogP contribution is 2.45. The minimum absolute atomic E-state index is 0.0330. The highest BCUT2D eigenvalue weighted by atomic mass is 79.9. The molecule has 1 N–H and O–H groups in total. The first-order valence-electron chi connectivity index (χ1n) is 6.44. The third kappa shape index (κ3) is 3.26. The molecule has 0 aromatic heterocycles. The van der Waals surface area contributed by atoms with Gasteiger partial charge in [0.1, 0.15) is 16.0 Å². The van der Waals surface area contributed by atoms with Crippen molar-refractivity contribution in [3.63, 3.8) is 0 Å². The fourth-order valence-electron chi connectivity index (χ4n) is 2.33. The molecular formula is C15H21BrO4. The Hall–Kier alpha value is -1.23. The van der Waals surface area contributed by atoms with Crippen molar-refractivity contribution < 1.29 is 19.4 Å². The summed E-state index contributed by atoms with van der Waals surface area (Å²) in [5, 5.41) is 9.09. The van der Waals surface area contributed by atoms with E-state index in [2.05, 4.69) is 15.9 Å². The van der Waals surface area contributed by atoms with Crippen LogP contribution in [-0.4, -0.2) is 25.3 Å². The van der Waals surface area contributed by atoms with Crippen molar-refractivity contribution in [2.45, 2.75) is 39.0 Å². The first-order chi connectivity index (χ1) is 9.28. The van der Waals surface area contributed by atoms with Crippen LogP contribution in [0.25, 0.3) is 0 Å². The topological polar surface area (TPSA) is 55.8 Å². The number of carboxylic acid groups (broad SMARTS) is 1. The van der Waals surface area contributed by atoms with E-state index in [0.717, 1.165) is 27.8 Å². The molecule has 1 aromatic rings. The average Bonchev–Trinajstić information content (AvgIpc) is 2.35. The zero-order chi connectivity index (χ0) is 15.5. The number of benzene rings is 1. The van der Waals surface area contributed by atoms with Crippen LogP contribution in [0.1, 0.15) is 38.3 Å². The quantitative estimate of drug-likeness (QED) is 0.853. The lowest BCUT2D eigenvalue weighted by Crippen LogP contribution is -2.23. The second-order valence-corrected chi connectivity index (χ2v) is 6.06. The molecule has 0 unspecified atom stereocenters. The van der Waals surface area contributed by atoms with Crippen LogP contribution >= 0.6 is 15.9 Å². The van der Waals surface area contributed by atoms with Crippen molar-refractivity contribution in [1.82, 2.24) is 0 Å². The Kier molecular flexibility index (Phi) is 5.45. The summed E-state index contributed by atoms with van der Waals surface area (Å²) in [6, 6.07) is 1.98. The number of halogens is 1. The molecule has 20 heavy (non-hydrogen) atoms. The standard InChI is InChI=1S/C15H21BrO4/c1-6-9-7-10(15(2,3)8-11(17)18)14(20-5)12(16)13(9)19-4/h7H,6,8H2,1-5H3,(H,17,18). The molecule has 0 amide bonds. The molecule has 0 saturated heterocycles. The molecule has 1 aromatic carbocycles. The van der Waals surface area contributed by atoms with Gasteiger partial charge in [0.25, 0.3) is 0 Å². The second kappa shape index (κ2) is 6.48. The Morgan fingerprint density at radius 1 is 1.30 bits per heavy atom. The number of carbonyl (C=O) groups is 1. The smallest absolute Gasteiger partial charge is 0.304 e. The van der Waals surface area contributed by atoms with Crippen molar-refractivity contribution in [2.24, 2.45) is 0 Å². The maximum Gasteiger partial charge on any atom is 0.304 e. The van der Waals surface area contributed by atoms with Crippen molar-refractivity contribution >= 4 is 21.9 Å². The number of ether oxygens (including phenoxy) is 2. The van der Waals surface area contributed by atoms with Gasteiger partial charge in [0.05, 0.1) is 20.6 Å². The lowest BCUT2D eigenvalue weighted by molar-refractivity contribution is -0.138. The van der Waals surface area contributed by atoms with E-state index in [-0.39, 0.29) is 6.42 Å². The predicted molar refractivity (Wildman–Crippen MR) is 81.9 cm³/mol. The van der Waals surface area contributed by atoms with Crippen LogP contribution < -0.4 is 9.47 Å². The van der Waals surface area contributed by atoms with Gasteiger partial charge in [0, 0.05) is 11.0 Å². The Balaban J connectivity index is 3.53. The Morgan fingerprint density at radius 3 is 2.25 bits per heavy atom. The summed E-state index contributed by atoms with van der Waals surface area (Å²) in [5.74, 6) is 0.534.